The number of thiocarbonyl (C=S) groups is 1. The van der Waals surface area contributed by atoms with Gasteiger partial charge in [-0.05, 0) is 43.8 Å². The van der Waals surface area contributed by atoms with E-state index >= 15 is 0 Å². The predicted molar refractivity (Wildman–Crippen MR) is 91.3 cm³/mol. The van der Waals surface area contributed by atoms with Crippen LogP contribution in [0.15, 0.2) is 48.8 Å². The third kappa shape index (κ3) is 2.09. The van der Waals surface area contributed by atoms with Gasteiger partial charge in [-0.25, -0.2) is 0 Å². The summed E-state index contributed by atoms with van der Waals surface area (Å²) < 4.78 is 0. The van der Waals surface area contributed by atoms with E-state index in [-0.39, 0.29) is 6.17 Å². The Labute approximate surface area is 135 Å². The Balaban J connectivity index is 1.80. The van der Waals surface area contributed by atoms with Crippen molar-refractivity contribution in [1.29, 1.82) is 0 Å². The summed E-state index contributed by atoms with van der Waals surface area (Å²) in [4.78, 5) is 6.54. The summed E-state index contributed by atoms with van der Waals surface area (Å²) in [5.74, 6) is 0. The van der Waals surface area contributed by atoms with Gasteiger partial charge in [-0.15, -0.1) is 0 Å². The maximum absolute atomic E-state index is 5.76. The highest BCUT2D eigenvalue weighted by Crippen LogP contribution is 2.40. The van der Waals surface area contributed by atoms with E-state index in [2.05, 4.69) is 57.2 Å². The van der Waals surface area contributed by atoms with Gasteiger partial charge in [0.05, 0.1) is 0 Å². The van der Waals surface area contributed by atoms with Gasteiger partial charge in [0.25, 0.3) is 0 Å². The van der Waals surface area contributed by atoms with E-state index in [0.717, 1.165) is 30.3 Å². The first-order valence-corrected chi connectivity index (χ1v) is 8.00. The maximum Gasteiger partial charge on any atom is 0.192 e. The Morgan fingerprint density at radius 1 is 1.14 bits per heavy atom. The van der Waals surface area contributed by atoms with Crippen LogP contribution in [0.2, 0.25) is 0 Å². The summed E-state index contributed by atoms with van der Waals surface area (Å²) in [7, 11) is 0. The van der Waals surface area contributed by atoms with Crippen molar-refractivity contribution in [2.24, 2.45) is 0 Å². The molecule has 0 bridgehead atoms. The molecule has 22 heavy (non-hydrogen) atoms. The fourth-order valence-corrected chi connectivity index (χ4v) is 3.66. The third-order valence-electron chi connectivity index (χ3n) is 4.32. The lowest BCUT2D eigenvalue weighted by Crippen LogP contribution is -2.32. The summed E-state index contributed by atoms with van der Waals surface area (Å²) in [6.45, 7) is 4.13. The summed E-state index contributed by atoms with van der Waals surface area (Å²) in [6.07, 6.45) is 5.01. The molecule has 4 rings (SSSR count). The number of hydrogen-bond acceptors (Lipinski definition) is 3. The van der Waals surface area contributed by atoms with Crippen LogP contribution in [0, 0.1) is 6.92 Å². The van der Waals surface area contributed by atoms with Crippen LogP contribution in [-0.4, -0.2) is 33.2 Å². The summed E-state index contributed by atoms with van der Waals surface area (Å²) >= 11 is 5.76. The normalized spacial score (nSPS) is 21.5. The molecule has 1 aromatic heterocycles. The maximum atomic E-state index is 5.76. The molecule has 2 fully saturated rings. The van der Waals surface area contributed by atoms with Crippen molar-refractivity contribution in [3.63, 3.8) is 0 Å². The monoisotopic (exact) mass is 310 g/mol. The first-order valence-electron chi connectivity index (χ1n) is 7.59. The van der Waals surface area contributed by atoms with Gasteiger partial charge in [0, 0.05) is 36.7 Å². The summed E-state index contributed by atoms with van der Waals surface area (Å²) in [5.41, 5.74) is 3.57. The highest BCUT2D eigenvalue weighted by atomic mass is 32.1. The molecular formula is C17H18N4S. The molecule has 1 atom stereocenters. The zero-order valence-electron chi connectivity index (χ0n) is 12.5. The van der Waals surface area contributed by atoms with Gasteiger partial charge in [-0.3, -0.25) is 14.9 Å². The topological polar surface area (TPSA) is 22.6 Å². The molecule has 5 heteroatoms. The van der Waals surface area contributed by atoms with E-state index in [1.807, 2.05) is 18.5 Å². The lowest BCUT2D eigenvalue weighted by molar-refractivity contribution is 0.0921. The zero-order valence-corrected chi connectivity index (χ0v) is 13.3. The smallest absolute Gasteiger partial charge is 0.192 e. The van der Waals surface area contributed by atoms with Crippen molar-refractivity contribution in [2.45, 2.75) is 19.5 Å². The van der Waals surface area contributed by atoms with Crippen LogP contribution in [0.3, 0.4) is 0 Å². The summed E-state index contributed by atoms with van der Waals surface area (Å²) in [6, 6.07) is 12.7. The minimum atomic E-state index is 0.103. The predicted octanol–water partition coefficient (Wildman–Crippen LogP) is 3.12. The molecule has 4 nitrogen and oxygen atoms in total. The zero-order chi connectivity index (χ0) is 15.1. The second-order valence-corrected chi connectivity index (χ2v) is 6.15. The Hall–Kier alpha value is -1.98. The number of pyridine rings is 1. The number of aryl methyl sites for hydroxylation is 1. The van der Waals surface area contributed by atoms with Crippen molar-refractivity contribution in [2.75, 3.05) is 18.0 Å². The van der Waals surface area contributed by atoms with Crippen molar-refractivity contribution >= 4 is 23.0 Å². The lowest BCUT2D eigenvalue weighted by atomic mass is 10.1. The number of rotatable bonds is 2. The van der Waals surface area contributed by atoms with E-state index < -0.39 is 0 Å². The Kier molecular flexibility index (Phi) is 3.32. The van der Waals surface area contributed by atoms with Gasteiger partial charge < -0.3 is 0 Å². The van der Waals surface area contributed by atoms with Crippen LogP contribution in [0.5, 0.6) is 0 Å². The molecule has 2 saturated heterocycles. The van der Waals surface area contributed by atoms with E-state index in [1.54, 1.807) is 0 Å². The first kappa shape index (κ1) is 13.7. The second kappa shape index (κ2) is 5.34. The lowest BCUT2D eigenvalue weighted by Gasteiger charge is -2.28. The van der Waals surface area contributed by atoms with E-state index in [4.69, 9.17) is 12.2 Å². The van der Waals surface area contributed by atoms with Crippen molar-refractivity contribution in [3.8, 4) is 0 Å². The molecule has 112 valence electrons. The van der Waals surface area contributed by atoms with Gasteiger partial charge in [-0.1, -0.05) is 23.8 Å². The van der Waals surface area contributed by atoms with E-state index in [0.29, 0.717) is 0 Å². The fraction of sp³-hybridized carbons (Fsp3) is 0.294. The molecule has 0 aliphatic carbocycles. The highest BCUT2D eigenvalue weighted by Gasteiger charge is 2.45. The number of fused-ring (bicyclic) bond motifs is 1. The molecule has 2 aliphatic rings. The molecule has 0 amide bonds. The third-order valence-corrected chi connectivity index (χ3v) is 4.72. The van der Waals surface area contributed by atoms with Crippen LogP contribution < -0.4 is 4.90 Å². The van der Waals surface area contributed by atoms with Gasteiger partial charge in [0.1, 0.15) is 6.17 Å². The highest BCUT2D eigenvalue weighted by molar-refractivity contribution is 7.80. The fourth-order valence-electron chi connectivity index (χ4n) is 3.26. The Bertz CT molecular complexity index is 686. The van der Waals surface area contributed by atoms with Crippen LogP contribution in [0.1, 0.15) is 23.7 Å². The first-order chi connectivity index (χ1) is 10.8. The van der Waals surface area contributed by atoms with Crippen LogP contribution >= 0.6 is 12.2 Å². The molecule has 1 aromatic carbocycles. The standard InChI is InChI=1S/C17H18N4S/c1-13-5-7-15(8-6-13)21-16(14-4-2-9-18-12-14)19-10-3-11-20(19)17(21)22/h2,4-9,12,16H,3,10-11H2,1H3. The van der Waals surface area contributed by atoms with Crippen molar-refractivity contribution < 1.29 is 0 Å². The Morgan fingerprint density at radius 3 is 2.68 bits per heavy atom. The van der Waals surface area contributed by atoms with Crippen LogP contribution in [0.25, 0.3) is 0 Å². The second-order valence-electron chi connectivity index (χ2n) is 5.79. The van der Waals surface area contributed by atoms with Crippen molar-refractivity contribution in [1.82, 2.24) is 15.0 Å². The molecule has 0 saturated carbocycles. The number of hydrazine groups is 1. The van der Waals surface area contributed by atoms with Gasteiger partial charge in [-0.2, -0.15) is 5.01 Å². The van der Waals surface area contributed by atoms with E-state index in [1.165, 1.54) is 11.1 Å². The average molecular weight is 310 g/mol. The molecular weight excluding hydrogens is 292 g/mol. The number of anilines is 1. The quantitative estimate of drug-likeness (QED) is 0.793. The number of aromatic nitrogens is 1. The van der Waals surface area contributed by atoms with Crippen molar-refractivity contribution in [3.05, 3.63) is 59.9 Å². The van der Waals surface area contributed by atoms with Gasteiger partial charge in [0.2, 0.25) is 0 Å². The van der Waals surface area contributed by atoms with Gasteiger partial charge in [0.15, 0.2) is 5.11 Å². The Morgan fingerprint density at radius 2 is 1.95 bits per heavy atom. The average Bonchev–Trinajstić information content (AvgIpc) is 3.12. The molecule has 2 aliphatic heterocycles. The van der Waals surface area contributed by atoms with Gasteiger partial charge >= 0.3 is 0 Å². The molecule has 3 heterocycles. The van der Waals surface area contributed by atoms with Crippen LogP contribution in [-0.2, 0) is 0 Å². The molecule has 2 aromatic rings. The summed E-state index contributed by atoms with van der Waals surface area (Å²) in [5, 5.41) is 5.47. The minimum Gasteiger partial charge on any atom is -0.296 e. The number of hydrogen-bond donors (Lipinski definition) is 0. The molecule has 1 unspecified atom stereocenters. The van der Waals surface area contributed by atoms with E-state index in [9.17, 15) is 0 Å². The molecule has 0 spiro atoms. The molecule has 0 radical (unpaired) electrons. The minimum absolute atomic E-state index is 0.103. The molecule has 0 N–H and O–H groups in total. The number of benzene rings is 1. The largest absolute Gasteiger partial charge is 0.296 e. The SMILES string of the molecule is Cc1ccc(N2C(=S)N3CCCN3C2c2cccnc2)cc1. The van der Waals surface area contributed by atoms with Crippen LogP contribution in [0.4, 0.5) is 5.69 Å². The number of nitrogens with zero attached hydrogens (tertiary/aromatic N) is 4.